The number of carbonyl (C=O) groups excluding carboxylic acids is 2. The maximum absolute atomic E-state index is 12.1. The minimum Gasteiger partial charge on any atom is -0.394 e. The summed E-state index contributed by atoms with van der Waals surface area (Å²) in [6.45, 7) is 4.66. The summed E-state index contributed by atoms with van der Waals surface area (Å²) in [5.41, 5.74) is 0. The van der Waals surface area contributed by atoms with Crippen LogP contribution in [0.3, 0.4) is 0 Å². The van der Waals surface area contributed by atoms with Gasteiger partial charge in [-0.2, -0.15) is 0 Å². The maximum Gasteiger partial charge on any atom is 0.244 e. The van der Waals surface area contributed by atoms with Crippen LogP contribution < -0.4 is 10.6 Å². The van der Waals surface area contributed by atoms with Crippen molar-refractivity contribution in [3.63, 3.8) is 0 Å². The van der Waals surface area contributed by atoms with Gasteiger partial charge in [-0.05, 0) is 12.8 Å². The van der Waals surface area contributed by atoms with Crippen molar-refractivity contribution >= 4 is 11.8 Å². The lowest BCUT2D eigenvalue weighted by molar-refractivity contribution is -0.130. The van der Waals surface area contributed by atoms with Gasteiger partial charge in [0.2, 0.25) is 11.8 Å². The summed E-state index contributed by atoms with van der Waals surface area (Å²) in [4.78, 5) is 24.1. The van der Waals surface area contributed by atoms with E-state index in [1.807, 2.05) is 0 Å². The highest BCUT2D eigenvalue weighted by molar-refractivity contribution is 5.87. The van der Waals surface area contributed by atoms with Gasteiger partial charge >= 0.3 is 0 Å². The molecule has 0 unspecified atom stereocenters. The second-order valence-electron chi connectivity index (χ2n) is 9.35. The molecule has 32 heavy (non-hydrogen) atoms. The van der Waals surface area contributed by atoms with Gasteiger partial charge in [0.1, 0.15) is 6.04 Å². The number of hydrogen-bond acceptors (Lipinski definition) is 3. The molecule has 2 amide bonds. The standard InChI is InChI=1S/C27H54N2O3/c1-3-5-7-9-10-11-12-13-14-15-16-17-18-19-20-22-26(31)29-25(24-30)27(32)28-23-21-8-6-4-2/h25,30H,3-24H2,1-2H3,(H,28,32)(H,29,31)/t25-/m0/s1. The molecule has 5 heteroatoms. The molecule has 0 aromatic rings. The first-order chi connectivity index (χ1) is 15.7. The Kier molecular flexibility index (Phi) is 23.7. The van der Waals surface area contributed by atoms with Gasteiger partial charge in [0.05, 0.1) is 6.61 Å². The van der Waals surface area contributed by atoms with Crippen LogP contribution in [-0.2, 0) is 9.59 Å². The number of rotatable bonds is 24. The zero-order chi connectivity index (χ0) is 23.7. The van der Waals surface area contributed by atoms with Crippen molar-refractivity contribution in [3.05, 3.63) is 0 Å². The second kappa shape index (κ2) is 24.5. The normalized spacial score (nSPS) is 12.0. The summed E-state index contributed by atoms with van der Waals surface area (Å²) in [7, 11) is 0. The Labute approximate surface area is 198 Å². The van der Waals surface area contributed by atoms with Gasteiger partial charge in [-0.3, -0.25) is 9.59 Å². The molecule has 0 aliphatic rings. The van der Waals surface area contributed by atoms with Crippen molar-refractivity contribution in [3.8, 4) is 0 Å². The first kappa shape index (κ1) is 30.9. The lowest BCUT2D eigenvalue weighted by Crippen LogP contribution is -2.49. The van der Waals surface area contributed by atoms with Gasteiger partial charge in [0, 0.05) is 13.0 Å². The Balaban J connectivity index is 3.51. The molecule has 0 saturated carbocycles. The van der Waals surface area contributed by atoms with Crippen LogP contribution in [0.15, 0.2) is 0 Å². The molecule has 0 aliphatic heterocycles. The third kappa shape index (κ3) is 20.8. The number of amides is 2. The van der Waals surface area contributed by atoms with E-state index in [1.165, 1.54) is 83.5 Å². The quantitative estimate of drug-likeness (QED) is 0.147. The number of aliphatic hydroxyl groups excluding tert-OH is 1. The molecule has 0 fully saturated rings. The Morgan fingerprint density at radius 3 is 1.47 bits per heavy atom. The van der Waals surface area contributed by atoms with Crippen molar-refractivity contribution in [1.82, 2.24) is 10.6 Å². The van der Waals surface area contributed by atoms with Crippen LogP contribution in [0.25, 0.3) is 0 Å². The third-order valence-corrected chi connectivity index (χ3v) is 6.17. The van der Waals surface area contributed by atoms with Crippen molar-refractivity contribution in [2.75, 3.05) is 13.2 Å². The van der Waals surface area contributed by atoms with Crippen molar-refractivity contribution in [1.29, 1.82) is 0 Å². The van der Waals surface area contributed by atoms with Gasteiger partial charge < -0.3 is 15.7 Å². The molecule has 0 rings (SSSR count). The fraction of sp³-hybridized carbons (Fsp3) is 0.926. The monoisotopic (exact) mass is 454 g/mol. The van der Waals surface area contributed by atoms with Gasteiger partial charge in [-0.15, -0.1) is 0 Å². The highest BCUT2D eigenvalue weighted by atomic mass is 16.3. The molecular formula is C27H54N2O3. The van der Waals surface area contributed by atoms with Crippen LogP contribution >= 0.6 is 0 Å². The third-order valence-electron chi connectivity index (χ3n) is 6.17. The molecule has 1 atom stereocenters. The molecule has 0 saturated heterocycles. The molecule has 5 nitrogen and oxygen atoms in total. The summed E-state index contributed by atoms with van der Waals surface area (Å²) < 4.78 is 0. The van der Waals surface area contributed by atoms with Gasteiger partial charge in [-0.1, -0.05) is 123 Å². The molecule has 3 N–H and O–H groups in total. The van der Waals surface area contributed by atoms with E-state index in [2.05, 4.69) is 24.5 Å². The van der Waals surface area contributed by atoms with Crippen LogP contribution in [0, 0.1) is 0 Å². The minimum absolute atomic E-state index is 0.139. The zero-order valence-electron chi connectivity index (χ0n) is 21.4. The average Bonchev–Trinajstić information content (AvgIpc) is 2.79. The second-order valence-corrected chi connectivity index (χ2v) is 9.35. The highest BCUT2D eigenvalue weighted by Crippen LogP contribution is 2.13. The summed E-state index contributed by atoms with van der Waals surface area (Å²) in [5.74, 6) is -0.422. The number of nitrogens with one attached hydrogen (secondary N) is 2. The smallest absolute Gasteiger partial charge is 0.244 e. The van der Waals surface area contributed by atoms with Crippen LogP contribution in [-0.4, -0.2) is 36.1 Å². The zero-order valence-corrected chi connectivity index (χ0v) is 21.4. The summed E-state index contributed by atoms with van der Waals surface area (Å²) in [6, 6.07) is -0.829. The molecule has 0 bridgehead atoms. The topological polar surface area (TPSA) is 78.4 Å². The van der Waals surface area contributed by atoms with Gasteiger partial charge in [-0.25, -0.2) is 0 Å². The molecule has 0 aromatic heterocycles. The number of carbonyl (C=O) groups is 2. The molecule has 0 aromatic carbocycles. The van der Waals surface area contributed by atoms with Crippen LogP contribution in [0.1, 0.15) is 142 Å². The van der Waals surface area contributed by atoms with Gasteiger partial charge in [0.15, 0.2) is 0 Å². The molecule has 0 aliphatic carbocycles. The van der Waals surface area contributed by atoms with E-state index >= 15 is 0 Å². The lowest BCUT2D eigenvalue weighted by Gasteiger charge is -2.16. The summed E-state index contributed by atoms with van der Waals surface area (Å²) >= 11 is 0. The molecule has 0 heterocycles. The van der Waals surface area contributed by atoms with E-state index in [-0.39, 0.29) is 18.4 Å². The first-order valence-corrected chi connectivity index (χ1v) is 13.8. The summed E-state index contributed by atoms with van der Waals surface area (Å²) in [6.07, 6.45) is 24.2. The molecular weight excluding hydrogens is 400 g/mol. The Bertz CT molecular complexity index is 429. The van der Waals surface area contributed by atoms with Crippen molar-refractivity contribution < 1.29 is 14.7 Å². The Morgan fingerprint density at radius 2 is 1.03 bits per heavy atom. The Morgan fingerprint density at radius 1 is 0.625 bits per heavy atom. The van der Waals surface area contributed by atoms with Gasteiger partial charge in [0.25, 0.3) is 0 Å². The molecule has 190 valence electrons. The fourth-order valence-electron chi connectivity index (χ4n) is 4.00. The predicted molar refractivity (Wildman–Crippen MR) is 136 cm³/mol. The van der Waals surface area contributed by atoms with Crippen LogP contribution in [0.2, 0.25) is 0 Å². The fourth-order valence-corrected chi connectivity index (χ4v) is 4.00. The van der Waals surface area contributed by atoms with Crippen molar-refractivity contribution in [2.45, 2.75) is 148 Å². The number of hydrogen-bond donors (Lipinski definition) is 3. The van der Waals surface area contributed by atoms with Crippen LogP contribution in [0.5, 0.6) is 0 Å². The molecule has 0 spiro atoms. The summed E-state index contributed by atoms with van der Waals surface area (Å²) in [5, 5.41) is 14.9. The van der Waals surface area contributed by atoms with E-state index in [4.69, 9.17) is 0 Å². The van der Waals surface area contributed by atoms with E-state index < -0.39 is 6.04 Å². The van der Waals surface area contributed by atoms with Crippen molar-refractivity contribution in [2.24, 2.45) is 0 Å². The number of unbranched alkanes of at least 4 members (excludes halogenated alkanes) is 17. The van der Waals surface area contributed by atoms with E-state index in [0.29, 0.717) is 13.0 Å². The van der Waals surface area contributed by atoms with E-state index in [9.17, 15) is 14.7 Å². The Hall–Kier alpha value is -1.10. The SMILES string of the molecule is CCCCCCCCCCCCCCCCCC(=O)N[C@@H](CO)C(=O)NCCCCCC. The largest absolute Gasteiger partial charge is 0.394 e. The van der Waals surface area contributed by atoms with E-state index in [1.54, 1.807) is 0 Å². The lowest BCUT2D eigenvalue weighted by atomic mass is 10.0. The highest BCUT2D eigenvalue weighted by Gasteiger charge is 2.18. The maximum atomic E-state index is 12.1. The first-order valence-electron chi connectivity index (χ1n) is 13.8. The van der Waals surface area contributed by atoms with E-state index in [0.717, 1.165) is 38.5 Å². The molecule has 0 radical (unpaired) electrons. The predicted octanol–water partition coefficient (Wildman–Crippen LogP) is 6.42. The van der Waals surface area contributed by atoms with Crippen LogP contribution in [0.4, 0.5) is 0 Å². The number of aliphatic hydroxyl groups is 1. The average molecular weight is 455 g/mol. The minimum atomic E-state index is -0.829.